The third-order valence-electron chi connectivity index (χ3n) is 5.63. The first kappa shape index (κ1) is 25.2. The number of methoxy groups -OCH3 is 3. The second-order valence-electron chi connectivity index (χ2n) is 7.91. The van der Waals surface area contributed by atoms with Crippen molar-refractivity contribution < 1.29 is 23.7 Å². The number of aromatic amines is 1. The van der Waals surface area contributed by atoms with Crippen LogP contribution in [-0.2, 0) is 9.53 Å². The Morgan fingerprint density at radius 1 is 1.14 bits per heavy atom. The summed E-state index contributed by atoms with van der Waals surface area (Å²) < 4.78 is 22.0. The molecule has 0 radical (unpaired) electrons. The number of nitrogens with one attached hydrogen (secondary N) is 2. The molecule has 1 saturated heterocycles. The highest BCUT2D eigenvalue weighted by molar-refractivity contribution is 8.00. The SMILES string of the molecule is COc1cc(-c2nc(SCC(=O)NCC3CCCO3)c(-c3ccc(Cl)cc3)[nH]2)cc(OC)c1OC. The molecule has 0 spiro atoms. The predicted octanol–water partition coefficient (Wildman–Crippen LogP) is 4.81. The van der Waals surface area contributed by atoms with Gasteiger partial charge in [0.05, 0.1) is 38.9 Å². The summed E-state index contributed by atoms with van der Waals surface area (Å²) in [6, 6.07) is 11.1. The maximum Gasteiger partial charge on any atom is 0.230 e. The summed E-state index contributed by atoms with van der Waals surface area (Å²) in [4.78, 5) is 20.7. The second-order valence-corrected chi connectivity index (χ2v) is 9.31. The Morgan fingerprint density at radius 2 is 1.86 bits per heavy atom. The quantitative estimate of drug-likeness (QED) is 0.373. The fraction of sp³-hybridized carbons (Fsp3) is 0.360. The molecule has 10 heteroatoms. The minimum atomic E-state index is -0.0649. The van der Waals surface area contributed by atoms with Crippen LogP contribution in [0.25, 0.3) is 22.6 Å². The summed E-state index contributed by atoms with van der Waals surface area (Å²) in [5.74, 6) is 2.32. The lowest BCUT2D eigenvalue weighted by Crippen LogP contribution is -2.32. The molecule has 1 unspecified atom stereocenters. The van der Waals surface area contributed by atoms with Gasteiger partial charge < -0.3 is 29.2 Å². The Kier molecular flexibility index (Phi) is 8.43. The second kappa shape index (κ2) is 11.7. The Labute approximate surface area is 213 Å². The average Bonchev–Trinajstić information content (AvgIpc) is 3.56. The summed E-state index contributed by atoms with van der Waals surface area (Å²) >= 11 is 7.46. The van der Waals surface area contributed by atoms with Gasteiger partial charge >= 0.3 is 0 Å². The van der Waals surface area contributed by atoms with Gasteiger partial charge in [-0.3, -0.25) is 4.79 Å². The molecule has 1 amide bonds. The lowest BCUT2D eigenvalue weighted by molar-refractivity contribution is -0.119. The van der Waals surface area contributed by atoms with Crippen LogP contribution in [-0.4, -0.2) is 62.2 Å². The number of carbonyl (C=O) groups excluding carboxylic acids is 1. The Morgan fingerprint density at radius 3 is 2.46 bits per heavy atom. The summed E-state index contributed by atoms with van der Waals surface area (Å²) in [7, 11) is 4.70. The molecule has 35 heavy (non-hydrogen) atoms. The molecule has 3 aromatic rings. The third kappa shape index (κ3) is 6.04. The van der Waals surface area contributed by atoms with Crippen molar-refractivity contribution in [3.05, 3.63) is 41.4 Å². The van der Waals surface area contributed by atoms with Gasteiger partial charge in [0.1, 0.15) is 10.9 Å². The molecule has 4 rings (SSSR count). The van der Waals surface area contributed by atoms with E-state index in [1.807, 2.05) is 36.4 Å². The monoisotopic (exact) mass is 517 g/mol. The molecule has 2 heterocycles. The number of amides is 1. The topological polar surface area (TPSA) is 94.7 Å². The first-order chi connectivity index (χ1) is 17.0. The number of ether oxygens (including phenoxy) is 4. The van der Waals surface area contributed by atoms with Crippen LogP contribution in [0.1, 0.15) is 12.8 Å². The fourth-order valence-electron chi connectivity index (χ4n) is 3.85. The molecule has 186 valence electrons. The highest BCUT2D eigenvalue weighted by Gasteiger charge is 2.20. The molecule has 0 saturated carbocycles. The first-order valence-corrected chi connectivity index (χ1v) is 12.6. The van der Waals surface area contributed by atoms with E-state index in [0.29, 0.717) is 39.7 Å². The molecule has 2 N–H and O–H groups in total. The number of halogens is 1. The zero-order chi connectivity index (χ0) is 24.8. The van der Waals surface area contributed by atoms with Crippen LogP contribution in [0.3, 0.4) is 0 Å². The van der Waals surface area contributed by atoms with E-state index >= 15 is 0 Å². The van der Waals surface area contributed by atoms with Gasteiger partial charge in [0.25, 0.3) is 0 Å². The van der Waals surface area contributed by atoms with Gasteiger partial charge in [0.15, 0.2) is 11.5 Å². The number of H-pyrrole nitrogens is 1. The molecule has 1 fully saturated rings. The Hall–Kier alpha value is -2.88. The van der Waals surface area contributed by atoms with Crippen LogP contribution in [0, 0.1) is 0 Å². The zero-order valence-corrected chi connectivity index (χ0v) is 21.4. The van der Waals surface area contributed by atoms with Crippen LogP contribution in [0.4, 0.5) is 0 Å². The van der Waals surface area contributed by atoms with Crippen molar-refractivity contribution in [1.82, 2.24) is 15.3 Å². The van der Waals surface area contributed by atoms with Gasteiger partial charge in [0.2, 0.25) is 11.7 Å². The van der Waals surface area contributed by atoms with E-state index in [-0.39, 0.29) is 17.8 Å². The van der Waals surface area contributed by atoms with Gasteiger partial charge in [-0.2, -0.15) is 0 Å². The van der Waals surface area contributed by atoms with Crippen molar-refractivity contribution >= 4 is 29.3 Å². The number of nitrogens with zero attached hydrogens (tertiary/aromatic N) is 1. The molecule has 1 atom stereocenters. The van der Waals surface area contributed by atoms with Crippen LogP contribution < -0.4 is 19.5 Å². The number of aromatic nitrogens is 2. The molecule has 2 aromatic carbocycles. The van der Waals surface area contributed by atoms with Crippen LogP contribution in [0.2, 0.25) is 5.02 Å². The minimum Gasteiger partial charge on any atom is -0.493 e. The number of carbonyl (C=O) groups is 1. The van der Waals surface area contributed by atoms with Crippen molar-refractivity contribution in [2.24, 2.45) is 0 Å². The largest absolute Gasteiger partial charge is 0.493 e. The first-order valence-electron chi connectivity index (χ1n) is 11.2. The van der Waals surface area contributed by atoms with Crippen molar-refractivity contribution in [3.8, 4) is 39.9 Å². The summed E-state index contributed by atoms with van der Waals surface area (Å²) in [5.41, 5.74) is 2.45. The van der Waals surface area contributed by atoms with E-state index in [2.05, 4.69) is 10.3 Å². The predicted molar refractivity (Wildman–Crippen MR) is 137 cm³/mol. The Balaban J connectivity index is 1.61. The smallest absolute Gasteiger partial charge is 0.230 e. The number of thioether (sulfide) groups is 1. The zero-order valence-electron chi connectivity index (χ0n) is 19.9. The van der Waals surface area contributed by atoms with Crippen LogP contribution >= 0.6 is 23.4 Å². The van der Waals surface area contributed by atoms with Crippen molar-refractivity contribution in [1.29, 1.82) is 0 Å². The lowest BCUT2D eigenvalue weighted by atomic mass is 10.1. The summed E-state index contributed by atoms with van der Waals surface area (Å²) in [5, 5.41) is 4.29. The van der Waals surface area contributed by atoms with Gasteiger partial charge in [-0.25, -0.2) is 4.98 Å². The molecule has 8 nitrogen and oxygen atoms in total. The molecule has 0 aliphatic carbocycles. The number of hydrogen-bond acceptors (Lipinski definition) is 7. The molecular formula is C25H28ClN3O5S. The molecule has 1 aromatic heterocycles. The molecule has 1 aliphatic heterocycles. The van der Waals surface area contributed by atoms with E-state index in [9.17, 15) is 4.79 Å². The summed E-state index contributed by atoms with van der Waals surface area (Å²) in [6.45, 7) is 1.29. The van der Waals surface area contributed by atoms with Crippen molar-refractivity contribution in [3.63, 3.8) is 0 Å². The fourth-order valence-corrected chi connectivity index (χ4v) is 4.81. The van der Waals surface area contributed by atoms with Crippen molar-refractivity contribution in [2.75, 3.05) is 40.2 Å². The standard InChI is InChI=1S/C25H28ClN3O5S/c1-31-19-11-16(12-20(32-2)23(19)33-3)24-28-22(15-6-8-17(26)9-7-15)25(29-24)35-14-21(30)27-13-18-5-4-10-34-18/h6-9,11-12,18H,4-5,10,13-14H2,1-3H3,(H,27,30)(H,28,29). The maximum atomic E-state index is 12.5. The van der Waals surface area contributed by atoms with Gasteiger partial charge in [-0.1, -0.05) is 35.5 Å². The van der Waals surface area contributed by atoms with E-state index in [0.717, 1.165) is 36.3 Å². The van der Waals surface area contributed by atoms with E-state index in [1.54, 1.807) is 21.3 Å². The number of imidazole rings is 1. The van der Waals surface area contributed by atoms with E-state index < -0.39 is 0 Å². The third-order valence-corrected chi connectivity index (χ3v) is 6.86. The summed E-state index contributed by atoms with van der Waals surface area (Å²) in [6.07, 6.45) is 2.12. The Bertz CT molecular complexity index is 1140. The normalized spacial score (nSPS) is 15.1. The number of hydrogen-bond donors (Lipinski definition) is 2. The van der Waals surface area contributed by atoms with Gasteiger partial charge in [-0.05, 0) is 37.1 Å². The van der Waals surface area contributed by atoms with E-state index in [4.69, 9.17) is 35.5 Å². The van der Waals surface area contributed by atoms with Crippen LogP contribution in [0.15, 0.2) is 41.4 Å². The lowest BCUT2D eigenvalue weighted by Gasteiger charge is -2.13. The maximum absolute atomic E-state index is 12.5. The number of benzene rings is 2. The van der Waals surface area contributed by atoms with Gasteiger partial charge in [0, 0.05) is 29.3 Å². The molecule has 0 bridgehead atoms. The number of rotatable bonds is 10. The van der Waals surface area contributed by atoms with Crippen molar-refractivity contribution in [2.45, 2.75) is 24.0 Å². The molecule has 1 aliphatic rings. The highest BCUT2D eigenvalue weighted by Crippen LogP contribution is 2.42. The highest BCUT2D eigenvalue weighted by atomic mass is 35.5. The minimum absolute atomic E-state index is 0.0649. The average molecular weight is 518 g/mol. The molecular weight excluding hydrogens is 490 g/mol. The van der Waals surface area contributed by atoms with Crippen LogP contribution in [0.5, 0.6) is 17.2 Å². The van der Waals surface area contributed by atoms with Gasteiger partial charge in [-0.15, -0.1) is 0 Å². The van der Waals surface area contributed by atoms with E-state index in [1.165, 1.54) is 11.8 Å².